The average Bonchev–Trinajstić information content (AvgIpc) is 3.40. The molecule has 38 heavy (non-hydrogen) atoms. The number of halogens is 3. The molecule has 0 aliphatic carbocycles. The van der Waals surface area contributed by atoms with Crippen LogP contribution in [0, 0.1) is 29.1 Å². The molecule has 0 fully saturated rings. The van der Waals surface area contributed by atoms with Crippen molar-refractivity contribution in [3.8, 4) is 39.6 Å². The van der Waals surface area contributed by atoms with Crippen LogP contribution in [0.5, 0.6) is 0 Å². The summed E-state index contributed by atoms with van der Waals surface area (Å²) in [6, 6.07) is 3.25. The van der Waals surface area contributed by atoms with Gasteiger partial charge >= 0.3 is 6.18 Å². The summed E-state index contributed by atoms with van der Waals surface area (Å²) in [6.07, 6.45) is 2.28. The lowest BCUT2D eigenvalue weighted by atomic mass is 9.90. The molecule has 0 N–H and O–H groups in total. The Morgan fingerprint density at radius 3 is 2.39 bits per heavy atom. The number of nitrogens with zero attached hydrogens (tertiary/aromatic N) is 6. The molecule has 0 aliphatic rings. The Labute approximate surface area is 222 Å². The number of hydrogen-bond acceptors (Lipinski definition) is 9. The lowest BCUT2D eigenvalue weighted by Gasteiger charge is -2.27. The molecule has 0 bridgehead atoms. The van der Waals surface area contributed by atoms with Crippen molar-refractivity contribution < 1.29 is 26.3 Å². The van der Waals surface area contributed by atoms with E-state index in [0.29, 0.717) is 17.2 Å². The van der Waals surface area contributed by atoms with Crippen LogP contribution in [0.25, 0.3) is 21.1 Å². The first-order chi connectivity index (χ1) is 17.5. The van der Waals surface area contributed by atoms with Gasteiger partial charge in [0.1, 0.15) is 28.2 Å². The molecule has 2 unspecified atom stereocenters. The van der Waals surface area contributed by atoms with Gasteiger partial charge in [0, 0.05) is 19.1 Å². The van der Waals surface area contributed by atoms with Gasteiger partial charge in [-0.25, -0.2) is 28.1 Å². The smallest absolute Gasteiger partial charge is 0.357 e. The topological polar surface area (TPSA) is 124 Å². The third kappa shape index (κ3) is 5.88. The summed E-state index contributed by atoms with van der Waals surface area (Å²) in [7, 11) is -3.59. The normalized spacial score (nSPS) is 14.1. The standard InChI is InChI=1S/C24H25F3N6O3S2/c1-8-15-19(37-21(30-15)14-12-29-22(24(25,26)27)31-17(14)11-28)18-10-16(32-33(18)13(3)36-9-2)20(23(4,5)6)38(7,34)35/h1,10,12-13,20H,9H2,2-7H3. The van der Waals surface area contributed by atoms with Gasteiger partial charge in [0.05, 0.1) is 21.8 Å². The highest BCUT2D eigenvalue weighted by Crippen LogP contribution is 2.43. The maximum atomic E-state index is 13.1. The fourth-order valence-electron chi connectivity index (χ4n) is 4.07. The van der Waals surface area contributed by atoms with Crippen LogP contribution >= 0.6 is 11.3 Å². The lowest BCUT2D eigenvalue weighted by Crippen LogP contribution is -2.26. The van der Waals surface area contributed by atoms with Crippen molar-refractivity contribution in [2.75, 3.05) is 12.9 Å². The molecule has 202 valence electrons. The summed E-state index contributed by atoms with van der Waals surface area (Å²) in [6.45, 7) is 9.22. The van der Waals surface area contributed by atoms with Crippen LogP contribution in [0.1, 0.15) is 69.0 Å². The van der Waals surface area contributed by atoms with E-state index in [-0.39, 0.29) is 22.0 Å². The van der Waals surface area contributed by atoms with Gasteiger partial charge in [0.2, 0.25) is 5.82 Å². The Kier molecular flexibility index (Phi) is 8.03. The molecular formula is C24H25F3N6O3S2. The van der Waals surface area contributed by atoms with Crippen LogP contribution in [0.2, 0.25) is 0 Å². The van der Waals surface area contributed by atoms with Crippen LogP contribution < -0.4 is 0 Å². The van der Waals surface area contributed by atoms with E-state index in [4.69, 9.17) is 11.2 Å². The highest BCUT2D eigenvalue weighted by molar-refractivity contribution is 7.91. The molecule has 0 radical (unpaired) electrons. The van der Waals surface area contributed by atoms with E-state index in [2.05, 4.69) is 26.0 Å². The predicted octanol–water partition coefficient (Wildman–Crippen LogP) is 5.02. The number of alkyl halides is 3. The molecule has 9 nitrogen and oxygen atoms in total. The number of terminal acetylenes is 1. The molecule has 0 spiro atoms. The number of hydrogen-bond donors (Lipinski definition) is 0. The first-order valence-electron chi connectivity index (χ1n) is 11.2. The van der Waals surface area contributed by atoms with Crippen molar-refractivity contribution in [2.45, 2.75) is 52.3 Å². The Morgan fingerprint density at radius 2 is 1.89 bits per heavy atom. The van der Waals surface area contributed by atoms with Crippen molar-refractivity contribution in [3.63, 3.8) is 0 Å². The van der Waals surface area contributed by atoms with E-state index in [1.807, 2.05) is 0 Å². The van der Waals surface area contributed by atoms with E-state index in [9.17, 15) is 26.9 Å². The van der Waals surface area contributed by atoms with Gasteiger partial charge in [0.15, 0.2) is 15.5 Å². The third-order valence-corrected chi connectivity index (χ3v) is 8.28. The molecule has 0 saturated carbocycles. The highest BCUT2D eigenvalue weighted by atomic mass is 32.2. The second kappa shape index (κ2) is 10.4. The number of thiazole rings is 1. The summed E-state index contributed by atoms with van der Waals surface area (Å²) in [4.78, 5) is 11.4. The van der Waals surface area contributed by atoms with Gasteiger partial charge in [-0.1, -0.05) is 20.8 Å². The second-order valence-electron chi connectivity index (χ2n) is 9.44. The third-order valence-electron chi connectivity index (χ3n) is 5.37. The van der Waals surface area contributed by atoms with Crippen molar-refractivity contribution in [1.29, 1.82) is 5.26 Å². The molecule has 14 heteroatoms. The van der Waals surface area contributed by atoms with Gasteiger partial charge in [-0.3, -0.25) is 0 Å². The van der Waals surface area contributed by atoms with E-state index in [1.165, 1.54) is 4.68 Å². The van der Waals surface area contributed by atoms with Gasteiger partial charge in [-0.15, -0.1) is 17.8 Å². The van der Waals surface area contributed by atoms with E-state index in [0.717, 1.165) is 23.8 Å². The second-order valence-corrected chi connectivity index (χ2v) is 12.6. The van der Waals surface area contributed by atoms with Crippen molar-refractivity contribution in [1.82, 2.24) is 24.7 Å². The molecular weight excluding hydrogens is 541 g/mol. The van der Waals surface area contributed by atoms with Crippen LogP contribution in [0.4, 0.5) is 13.2 Å². The van der Waals surface area contributed by atoms with Crippen LogP contribution in [0.3, 0.4) is 0 Å². The largest absolute Gasteiger partial charge is 0.451 e. The fourth-order valence-corrected chi connectivity index (χ4v) is 6.96. The molecule has 3 heterocycles. The summed E-state index contributed by atoms with van der Waals surface area (Å²) < 4.78 is 71.9. The Bertz CT molecular complexity index is 1540. The minimum absolute atomic E-state index is 0.0268. The van der Waals surface area contributed by atoms with Gasteiger partial charge < -0.3 is 4.74 Å². The highest BCUT2D eigenvalue weighted by Gasteiger charge is 2.39. The van der Waals surface area contributed by atoms with Crippen molar-refractivity contribution in [3.05, 3.63) is 35.2 Å². The average molecular weight is 567 g/mol. The molecule has 0 amide bonds. The van der Waals surface area contributed by atoms with Crippen LogP contribution in [-0.4, -0.2) is 46.0 Å². The first-order valence-corrected chi connectivity index (χ1v) is 14.0. The van der Waals surface area contributed by atoms with Crippen molar-refractivity contribution >= 4 is 21.2 Å². The van der Waals surface area contributed by atoms with E-state index >= 15 is 0 Å². The van der Waals surface area contributed by atoms with Gasteiger partial charge in [-0.2, -0.15) is 23.5 Å². The monoisotopic (exact) mass is 566 g/mol. The minimum Gasteiger partial charge on any atom is -0.357 e. The fraction of sp³-hybridized carbons (Fsp3) is 0.458. The number of ether oxygens (including phenoxy) is 1. The van der Waals surface area contributed by atoms with Crippen LogP contribution in [0.15, 0.2) is 12.3 Å². The molecule has 3 aromatic heterocycles. The van der Waals surface area contributed by atoms with Crippen LogP contribution in [-0.2, 0) is 20.8 Å². The number of rotatable bonds is 7. The van der Waals surface area contributed by atoms with Gasteiger partial charge in [0.25, 0.3) is 0 Å². The molecule has 3 rings (SSSR count). The SMILES string of the molecule is C#Cc1nc(-c2cnc(C(F)(F)F)nc2C#N)sc1-c1cc(C(C(C)(C)C)S(C)(=O)=O)nn1C(C)OCC. The summed E-state index contributed by atoms with van der Waals surface area (Å²) in [5.74, 6) is 1.000. The number of aromatic nitrogens is 5. The number of sulfone groups is 1. The van der Waals surface area contributed by atoms with E-state index in [1.54, 1.807) is 46.8 Å². The Balaban J connectivity index is 2.27. The lowest BCUT2D eigenvalue weighted by molar-refractivity contribution is -0.145. The zero-order valence-electron chi connectivity index (χ0n) is 21.5. The molecule has 2 atom stereocenters. The summed E-state index contributed by atoms with van der Waals surface area (Å²) in [5, 5.41) is 13.2. The maximum Gasteiger partial charge on any atom is 0.451 e. The molecule has 3 aromatic rings. The Hall–Kier alpha value is -3.33. The van der Waals surface area contributed by atoms with E-state index < -0.39 is 44.4 Å². The summed E-state index contributed by atoms with van der Waals surface area (Å²) >= 11 is 0.991. The first kappa shape index (κ1) is 29.2. The Morgan fingerprint density at radius 1 is 1.24 bits per heavy atom. The quantitative estimate of drug-likeness (QED) is 0.365. The minimum atomic E-state index is -4.83. The zero-order valence-corrected chi connectivity index (χ0v) is 23.1. The summed E-state index contributed by atoms with van der Waals surface area (Å²) in [5.41, 5.74) is -0.445. The van der Waals surface area contributed by atoms with Crippen molar-refractivity contribution in [2.24, 2.45) is 5.41 Å². The number of nitriles is 1. The van der Waals surface area contributed by atoms with Gasteiger partial charge in [-0.05, 0) is 31.2 Å². The maximum absolute atomic E-state index is 13.1. The molecule has 0 saturated heterocycles. The predicted molar refractivity (Wildman–Crippen MR) is 135 cm³/mol. The molecule has 0 aromatic carbocycles. The zero-order chi connectivity index (χ0) is 28.6. The molecule has 0 aliphatic heterocycles.